The summed E-state index contributed by atoms with van der Waals surface area (Å²) in [4.78, 5) is 17.7. The number of thiophene rings is 1. The summed E-state index contributed by atoms with van der Waals surface area (Å²) in [7, 11) is -0.440. The molecule has 35 heavy (non-hydrogen) atoms. The molecule has 0 aliphatic carbocycles. The maximum absolute atomic E-state index is 12.4. The lowest BCUT2D eigenvalue weighted by atomic mass is 10.1. The van der Waals surface area contributed by atoms with Crippen LogP contribution in [0.4, 0.5) is 10.8 Å². The number of amides is 1. The van der Waals surface area contributed by atoms with Crippen molar-refractivity contribution in [3.8, 4) is 22.8 Å². The molecule has 0 saturated heterocycles. The van der Waals surface area contributed by atoms with Crippen LogP contribution in [0.25, 0.3) is 11.3 Å². The van der Waals surface area contributed by atoms with Crippen LogP contribution in [-0.4, -0.2) is 39.3 Å². The van der Waals surface area contributed by atoms with Crippen molar-refractivity contribution in [3.63, 3.8) is 0 Å². The van der Waals surface area contributed by atoms with E-state index in [1.165, 1.54) is 23.1 Å². The van der Waals surface area contributed by atoms with Gasteiger partial charge in [-0.1, -0.05) is 6.07 Å². The molecule has 2 aromatic heterocycles. The van der Waals surface area contributed by atoms with Gasteiger partial charge in [-0.3, -0.25) is 9.52 Å². The molecule has 2 N–H and O–H groups in total. The zero-order valence-corrected chi connectivity index (χ0v) is 21.9. The van der Waals surface area contributed by atoms with Gasteiger partial charge in [-0.15, -0.1) is 34.4 Å². The van der Waals surface area contributed by atoms with Crippen LogP contribution in [0.5, 0.6) is 11.5 Å². The van der Waals surface area contributed by atoms with Gasteiger partial charge in [0.1, 0.15) is 4.21 Å². The van der Waals surface area contributed by atoms with Crippen LogP contribution in [0, 0.1) is 0 Å². The highest BCUT2D eigenvalue weighted by molar-refractivity contribution is 8.00. The van der Waals surface area contributed by atoms with Gasteiger partial charge in [-0.25, -0.2) is 13.4 Å². The molecule has 182 valence electrons. The van der Waals surface area contributed by atoms with Gasteiger partial charge in [0.15, 0.2) is 16.6 Å². The maximum Gasteiger partial charge on any atom is 0.271 e. The van der Waals surface area contributed by atoms with Crippen molar-refractivity contribution in [2.45, 2.75) is 9.10 Å². The summed E-state index contributed by atoms with van der Waals surface area (Å²) >= 11 is 3.83. The quantitative estimate of drug-likeness (QED) is 0.255. The second-order valence-electron chi connectivity index (χ2n) is 7.01. The lowest BCUT2D eigenvalue weighted by Crippen LogP contribution is -2.13. The number of carbonyl (C=O) groups is 1. The van der Waals surface area contributed by atoms with Crippen LogP contribution in [0.1, 0.15) is 0 Å². The Bertz CT molecular complexity index is 1400. The Morgan fingerprint density at radius 1 is 1.03 bits per heavy atom. The normalized spacial score (nSPS) is 11.1. The van der Waals surface area contributed by atoms with E-state index in [-0.39, 0.29) is 15.9 Å². The fraction of sp³-hybridized carbons (Fsp3) is 0.130. The fourth-order valence-electron chi connectivity index (χ4n) is 3.00. The Kier molecular flexibility index (Phi) is 7.96. The molecule has 0 saturated carbocycles. The summed E-state index contributed by atoms with van der Waals surface area (Å²) < 4.78 is 38.0. The molecule has 4 aromatic rings. The lowest BCUT2D eigenvalue weighted by Gasteiger charge is -2.08. The first kappa shape index (κ1) is 25.0. The first-order chi connectivity index (χ1) is 16.9. The van der Waals surface area contributed by atoms with Crippen LogP contribution < -0.4 is 19.5 Å². The molecular weight excluding hydrogens is 527 g/mol. The van der Waals surface area contributed by atoms with Crippen molar-refractivity contribution in [1.82, 2.24) is 4.98 Å². The maximum atomic E-state index is 12.4. The van der Waals surface area contributed by atoms with Gasteiger partial charge < -0.3 is 14.8 Å². The number of anilines is 2. The van der Waals surface area contributed by atoms with Crippen molar-refractivity contribution in [3.05, 3.63) is 65.4 Å². The van der Waals surface area contributed by atoms with Crippen molar-refractivity contribution >= 4 is 61.2 Å². The standard InChI is InChI=1S/C23H21N3O5S4/c1-30-19-10-5-15(12-20(19)31-2)18-13-34-23(24-18)25-21(27)14-33-17-8-6-16(7-9-17)26-35(28,29)22-4-3-11-32-22/h3-13,26H,14H2,1-2H3,(H,24,25,27). The number of methoxy groups -OCH3 is 2. The number of carbonyl (C=O) groups excluding carboxylic acids is 1. The van der Waals surface area contributed by atoms with Crippen LogP contribution in [-0.2, 0) is 14.8 Å². The van der Waals surface area contributed by atoms with E-state index in [0.717, 1.165) is 27.5 Å². The van der Waals surface area contributed by atoms with Crippen molar-refractivity contribution in [2.75, 3.05) is 30.0 Å². The SMILES string of the molecule is COc1ccc(-c2csc(NC(=O)CSc3ccc(NS(=O)(=O)c4cccs4)cc3)n2)cc1OC. The molecule has 0 unspecified atom stereocenters. The van der Waals surface area contributed by atoms with Gasteiger partial charge in [-0.05, 0) is 53.9 Å². The van der Waals surface area contributed by atoms with E-state index in [4.69, 9.17) is 9.47 Å². The Labute approximate surface area is 215 Å². The van der Waals surface area contributed by atoms with E-state index in [2.05, 4.69) is 15.0 Å². The Morgan fingerprint density at radius 3 is 2.49 bits per heavy atom. The number of benzene rings is 2. The Balaban J connectivity index is 1.31. The number of ether oxygens (including phenoxy) is 2. The van der Waals surface area contributed by atoms with E-state index < -0.39 is 10.0 Å². The van der Waals surface area contributed by atoms with E-state index >= 15 is 0 Å². The van der Waals surface area contributed by atoms with E-state index in [9.17, 15) is 13.2 Å². The topological polar surface area (TPSA) is 107 Å². The highest BCUT2D eigenvalue weighted by atomic mass is 32.2. The monoisotopic (exact) mass is 547 g/mol. The number of sulfonamides is 1. The highest BCUT2D eigenvalue weighted by Gasteiger charge is 2.15. The highest BCUT2D eigenvalue weighted by Crippen LogP contribution is 2.33. The van der Waals surface area contributed by atoms with E-state index in [1.54, 1.807) is 62.1 Å². The number of nitrogens with one attached hydrogen (secondary N) is 2. The third-order valence-electron chi connectivity index (χ3n) is 4.67. The second-order valence-corrected chi connectivity index (χ2v) is 11.8. The predicted molar refractivity (Wildman–Crippen MR) is 142 cm³/mol. The van der Waals surface area contributed by atoms with Gasteiger partial charge in [-0.2, -0.15) is 0 Å². The number of hydrogen-bond donors (Lipinski definition) is 2. The largest absolute Gasteiger partial charge is 0.493 e. The summed E-state index contributed by atoms with van der Waals surface area (Å²) in [5.74, 6) is 1.23. The first-order valence-electron chi connectivity index (χ1n) is 10.1. The molecule has 8 nitrogen and oxygen atoms in total. The van der Waals surface area contributed by atoms with Gasteiger partial charge in [0.05, 0.1) is 25.7 Å². The number of thiazole rings is 1. The number of aromatic nitrogens is 1. The minimum atomic E-state index is -3.59. The van der Waals surface area contributed by atoms with E-state index in [0.29, 0.717) is 22.3 Å². The predicted octanol–water partition coefficient (Wildman–Crippen LogP) is 5.42. The number of rotatable bonds is 10. The second kappa shape index (κ2) is 11.1. The minimum absolute atomic E-state index is 0.186. The first-order valence-corrected chi connectivity index (χ1v) is 14.4. The molecule has 0 aliphatic rings. The molecule has 0 bridgehead atoms. The summed E-state index contributed by atoms with van der Waals surface area (Å²) in [6, 6.07) is 15.6. The summed E-state index contributed by atoms with van der Waals surface area (Å²) in [5, 5.41) is 6.88. The molecule has 1 amide bonds. The van der Waals surface area contributed by atoms with Crippen LogP contribution in [0.3, 0.4) is 0 Å². The molecule has 2 aromatic carbocycles. The smallest absolute Gasteiger partial charge is 0.271 e. The molecule has 12 heteroatoms. The summed E-state index contributed by atoms with van der Waals surface area (Å²) in [5.41, 5.74) is 2.03. The molecule has 4 rings (SSSR count). The molecular formula is C23H21N3O5S4. The number of thioether (sulfide) groups is 1. The zero-order valence-electron chi connectivity index (χ0n) is 18.7. The van der Waals surface area contributed by atoms with Gasteiger partial charge in [0, 0.05) is 21.5 Å². The Morgan fingerprint density at radius 2 is 1.80 bits per heavy atom. The van der Waals surface area contributed by atoms with Crippen LogP contribution in [0.2, 0.25) is 0 Å². The zero-order chi connectivity index (χ0) is 24.8. The van der Waals surface area contributed by atoms with Crippen LogP contribution >= 0.6 is 34.4 Å². The summed E-state index contributed by atoms with van der Waals surface area (Å²) in [6.45, 7) is 0. The van der Waals surface area contributed by atoms with E-state index in [1.807, 2.05) is 17.5 Å². The molecule has 0 spiro atoms. The average Bonchev–Trinajstić information content (AvgIpc) is 3.56. The van der Waals surface area contributed by atoms with Gasteiger partial charge in [0.25, 0.3) is 10.0 Å². The molecule has 0 fully saturated rings. The van der Waals surface area contributed by atoms with Crippen molar-refractivity contribution in [2.24, 2.45) is 0 Å². The molecule has 2 heterocycles. The number of hydrogen-bond acceptors (Lipinski definition) is 9. The molecule has 0 atom stereocenters. The van der Waals surface area contributed by atoms with Crippen molar-refractivity contribution in [1.29, 1.82) is 0 Å². The van der Waals surface area contributed by atoms with Crippen LogP contribution in [0.15, 0.2) is 74.5 Å². The number of nitrogens with zero attached hydrogens (tertiary/aromatic N) is 1. The van der Waals surface area contributed by atoms with Crippen molar-refractivity contribution < 1.29 is 22.7 Å². The third kappa shape index (κ3) is 6.34. The molecule has 0 aliphatic heterocycles. The lowest BCUT2D eigenvalue weighted by molar-refractivity contribution is -0.113. The average molecular weight is 548 g/mol. The molecule has 0 radical (unpaired) electrons. The summed E-state index contributed by atoms with van der Waals surface area (Å²) in [6.07, 6.45) is 0. The minimum Gasteiger partial charge on any atom is -0.493 e. The fourth-order valence-corrected chi connectivity index (χ4v) is 6.49. The Hall–Kier alpha value is -3.06. The third-order valence-corrected chi connectivity index (χ3v) is 9.21. The van der Waals surface area contributed by atoms with Gasteiger partial charge >= 0.3 is 0 Å². The van der Waals surface area contributed by atoms with Gasteiger partial charge in [0.2, 0.25) is 5.91 Å².